The van der Waals surface area contributed by atoms with E-state index in [2.05, 4.69) is 17.3 Å². The topological polar surface area (TPSA) is 72.9 Å². The molecule has 0 aliphatic heterocycles. The number of carbonyl (C=O) groups excluding carboxylic acids is 1. The number of nitrogen functional groups attached to an aromatic ring is 1. The second kappa shape index (κ2) is 5.65. The Labute approximate surface area is 111 Å². The molecule has 2 unspecified atom stereocenters. The second-order valence-electron chi connectivity index (χ2n) is 4.67. The van der Waals surface area contributed by atoms with Gasteiger partial charge in [0, 0.05) is 24.5 Å². The quantitative estimate of drug-likeness (QED) is 0.866. The highest BCUT2D eigenvalue weighted by molar-refractivity contribution is 7.99. The third-order valence-electron chi connectivity index (χ3n) is 3.19. The predicted molar refractivity (Wildman–Crippen MR) is 74.6 cm³/mol. The molecule has 0 saturated heterocycles. The van der Waals surface area contributed by atoms with Gasteiger partial charge in [-0.25, -0.2) is 0 Å². The molecule has 2 atom stereocenters. The minimum Gasteiger partial charge on any atom is -0.396 e. The van der Waals surface area contributed by atoms with Gasteiger partial charge in [0.2, 0.25) is 0 Å². The largest absolute Gasteiger partial charge is 0.396 e. The number of anilines is 1. The SMILES string of the molecule is CCSC1CCC(NC(=O)c2nn(C)cc2N)C1. The van der Waals surface area contributed by atoms with Crippen LogP contribution in [0, 0.1) is 0 Å². The van der Waals surface area contributed by atoms with Crippen LogP contribution in [0.5, 0.6) is 0 Å². The maximum Gasteiger partial charge on any atom is 0.274 e. The molecule has 1 fully saturated rings. The molecule has 2 rings (SSSR count). The summed E-state index contributed by atoms with van der Waals surface area (Å²) in [6.45, 7) is 2.17. The standard InChI is InChI=1S/C12H20N4OS/c1-3-18-9-5-4-8(6-9)14-12(17)11-10(13)7-16(2)15-11/h7-9H,3-6,13H2,1-2H3,(H,14,17). The number of rotatable bonds is 4. The van der Waals surface area contributed by atoms with E-state index in [0.29, 0.717) is 16.6 Å². The predicted octanol–water partition coefficient (Wildman–Crippen LogP) is 1.41. The summed E-state index contributed by atoms with van der Waals surface area (Å²) in [5.74, 6) is 0.985. The summed E-state index contributed by atoms with van der Waals surface area (Å²) in [5.41, 5.74) is 6.52. The van der Waals surface area contributed by atoms with E-state index in [-0.39, 0.29) is 11.9 Å². The average Bonchev–Trinajstić information content (AvgIpc) is 2.86. The highest BCUT2D eigenvalue weighted by atomic mass is 32.2. The number of hydrogen-bond donors (Lipinski definition) is 2. The van der Waals surface area contributed by atoms with E-state index in [1.165, 1.54) is 6.42 Å². The molecule has 0 spiro atoms. The summed E-state index contributed by atoms with van der Waals surface area (Å²) in [7, 11) is 1.76. The molecule has 1 amide bonds. The number of hydrogen-bond acceptors (Lipinski definition) is 4. The maximum atomic E-state index is 12.0. The van der Waals surface area contributed by atoms with Crippen LogP contribution in [0.25, 0.3) is 0 Å². The number of nitrogens with one attached hydrogen (secondary N) is 1. The normalized spacial score (nSPS) is 23.2. The van der Waals surface area contributed by atoms with E-state index in [9.17, 15) is 4.79 Å². The number of carbonyl (C=O) groups is 1. The first-order chi connectivity index (χ1) is 8.60. The lowest BCUT2D eigenvalue weighted by atomic mass is 10.2. The number of aromatic nitrogens is 2. The minimum atomic E-state index is -0.153. The van der Waals surface area contributed by atoms with Gasteiger partial charge in [-0.3, -0.25) is 9.48 Å². The van der Waals surface area contributed by atoms with E-state index in [0.717, 1.165) is 18.6 Å². The van der Waals surface area contributed by atoms with Crippen LogP contribution in [0.15, 0.2) is 6.20 Å². The van der Waals surface area contributed by atoms with Crippen molar-refractivity contribution in [2.75, 3.05) is 11.5 Å². The average molecular weight is 268 g/mol. The molecule has 18 heavy (non-hydrogen) atoms. The van der Waals surface area contributed by atoms with Crippen molar-refractivity contribution in [2.45, 2.75) is 37.5 Å². The fraction of sp³-hybridized carbons (Fsp3) is 0.667. The molecule has 0 bridgehead atoms. The lowest BCUT2D eigenvalue weighted by molar-refractivity contribution is 0.0933. The Balaban J connectivity index is 1.91. The van der Waals surface area contributed by atoms with Gasteiger partial charge < -0.3 is 11.1 Å². The fourth-order valence-corrected chi connectivity index (χ4v) is 3.54. The van der Waals surface area contributed by atoms with Gasteiger partial charge in [0.15, 0.2) is 5.69 Å². The van der Waals surface area contributed by atoms with Crippen molar-refractivity contribution in [3.63, 3.8) is 0 Å². The van der Waals surface area contributed by atoms with Gasteiger partial charge in [0.1, 0.15) is 0 Å². The molecule has 1 aliphatic rings. The smallest absolute Gasteiger partial charge is 0.274 e. The summed E-state index contributed by atoms with van der Waals surface area (Å²) in [5, 5.41) is 7.79. The molecule has 0 radical (unpaired) electrons. The van der Waals surface area contributed by atoms with Gasteiger partial charge in [-0.05, 0) is 25.0 Å². The van der Waals surface area contributed by atoms with Crippen LogP contribution in [0.3, 0.4) is 0 Å². The first-order valence-electron chi connectivity index (χ1n) is 6.31. The molecule has 1 heterocycles. The van der Waals surface area contributed by atoms with Crippen LogP contribution in [0.4, 0.5) is 5.69 Å². The molecule has 100 valence electrons. The van der Waals surface area contributed by atoms with E-state index < -0.39 is 0 Å². The summed E-state index contributed by atoms with van der Waals surface area (Å²) in [6.07, 6.45) is 4.94. The van der Waals surface area contributed by atoms with Crippen LogP contribution in [0.1, 0.15) is 36.7 Å². The van der Waals surface area contributed by atoms with Crippen LogP contribution in [-0.4, -0.2) is 32.7 Å². The van der Waals surface area contributed by atoms with Crippen molar-refractivity contribution in [2.24, 2.45) is 7.05 Å². The van der Waals surface area contributed by atoms with Gasteiger partial charge in [-0.2, -0.15) is 16.9 Å². The van der Waals surface area contributed by atoms with Crippen molar-refractivity contribution < 1.29 is 4.79 Å². The minimum absolute atomic E-state index is 0.153. The van der Waals surface area contributed by atoms with Gasteiger partial charge in [0.25, 0.3) is 5.91 Å². The number of amides is 1. The first kappa shape index (κ1) is 13.3. The molecule has 3 N–H and O–H groups in total. The molecule has 1 aromatic rings. The Morgan fingerprint density at radius 2 is 2.44 bits per heavy atom. The van der Waals surface area contributed by atoms with Crippen molar-refractivity contribution in [1.82, 2.24) is 15.1 Å². The second-order valence-corrected chi connectivity index (χ2v) is 6.24. The van der Waals surface area contributed by atoms with Gasteiger partial charge in [-0.1, -0.05) is 6.92 Å². The van der Waals surface area contributed by atoms with E-state index in [1.54, 1.807) is 17.9 Å². The molecular formula is C12H20N4OS. The summed E-state index contributed by atoms with van der Waals surface area (Å²) < 4.78 is 1.56. The highest BCUT2D eigenvalue weighted by Gasteiger charge is 2.27. The number of nitrogens with two attached hydrogens (primary N) is 1. The Hall–Kier alpha value is -1.17. The van der Waals surface area contributed by atoms with E-state index >= 15 is 0 Å². The third kappa shape index (κ3) is 2.98. The third-order valence-corrected chi connectivity index (χ3v) is 4.43. The van der Waals surface area contributed by atoms with Crippen LogP contribution < -0.4 is 11.1 Å². The number of aryl methyl sites for hydroxylation is 1. The number of nitrogens with zero attached hydrogens (tertiary/aromatic N) is 2. The van der Waals surface area contributed by atoms with Gasteiger partial charge in [-0.15, -0.1) is 0 Å². The zero-order valence-corrected chi connectivity index (χ0v) is 11.7. The lowest BCUT2D eigenvalue weighted by Crippen LogP contribution is -2.33. The van der Waals surface area contributed by atoms with Crippen molar-refractivity contribution in [3.05, 3.63) is 11.9 Å². The highest BCUT2D eigenvalue weighted by Crippen LogP contribution is 2.29. The van der Waals surface area contributed by atoms with E-state index in [1.807, 2.05) is 11.8 Å². The van der Waals surface area contributed by atoms with E-state index in [4.69, 9.17) is 5.73 Å². The zero-order chi connectivity index (χ0) is 13.1. The van der Waals surface area contributed by atoms with Crippen LogP contribution in [-0.2, 0) is 7.05 Å². The molecular weight excluding hydrogens is 248 g/mol. The Kier molecular flexibility index (Phi) is 4.16. The first-order valence-corrected chi connectivity index (χ1v) is 7.36. The Morgan fingerprint density at radius 1 is 1.67 bits per heavy atom. The summed E-state index contributed by atoms with van der Waals surface area (Å²) >= 11 is 1.98. The van der Waals surface area contributed by atoms with Gasteiger partial charge >= 0.3 is 0 Å². The van der Waals surface area contributed by atoms with Crippen LogP contribution >= 0.6 is 11.8 Å². The molecule has 1 saturated carbocycles. The van der Waals surface area contributed by atoms with Crippen molar-refractivity contribution in [3.8, 4) is 0 Å². The van der Waals surface area contributed by atoms with Gasteiger partial charge in [0.05, 0.1) is 5.69 Å². The summed E-state index contributed by atoms with van der Waals surface area (Å²) in [4.78, 5) is 12.0. The van der Waals surface area contributed by atoms with Crippen molar-refractivity contribution >= 4 is 23.4 Å². The zero-order valence-electron chi connectivity index (χ0n) is 10.8. The number of thioether (sulfide) groups is 1. The monoisotopic (exact) mass is 268 g/mol. The van der Waals surface area contributed by atoms with Crippen molar-refractivity contribution in [1.29, 1.82) is 0 Å². The van der Waals surface area contributed by atoms with Crippen LogP contribution in [0.2, 0.25) is 0 Å². The summed E-state index contributed by atoms with van der Waals surface area (Å²) in [6, 6.07) is 0.267. The molecule has 1 aromatic heterocycles. The Morgan fingerprint density at radius 3 is 3.06 bits per heavy atom. The molecule has 5 nitrogen and oxygen atoms in total. The molecule has 0 aromatic carbocycles. The fourth-order valence-electron chi connectivity index (χ4n) is 2.40. The Bertz CT molecular complexity index is 432. The maximum absolute atomic E-state index is 12.0. The molecule has 1 aliphatic carbocycles. The molecule has 6 heteroatoms. The lowest BCUT2D eigenvalue weighted by Gasteiger charge is -2.12.